The average Bonchev–Trinajstić information content (AvgIpc) is 2.81. The van der Waals surface area contributed by atoms with Gasteiger partial charge in [0.25, 0.3) is 0 Å². The molecule has 194 valence electrons. The maximum Gasteiger partial charge on any atom is 0.213 e. The largest absolute Gasteiger partial charge is 0.488 e. The van der Waals surface area contributed by atoms with E-state index in [1.807, 2.05) is 12.3 Å². The van der Waals surface area contributed by atoms with Gasteiger partial charge in [0, 0.05) is 38.3 Å². The molecule has 34 heavy (non-hydrogen) atoms. The second kappa shape index (κ2) is 15.1. The second-order valence-electron chi connectivity index (χ2n) is 8.86. The molecule has 0 radical (unpaired) electrons. The number of rotatable bonds is 12. The molecule has 0 atom stereocenters. The number of likely N-dealkylation sites (tertiary alicyclic amines) is 1. The van der Waals surface area contributed by atoms with Crippen LogP contribution < -0.4 is 4.74 Å². The van der Waals surface area contributed by atoms with Crippen molar-refractivity contribution < 1.29 is 13.2 Å². The van der Waals surface area contributed by atoms with Gasteiger partial charge in [0.1, 0.15) is 17.4 Å². The van der Waals surface area contributed by atoms with Crippen LogP contribution >= 0.6 is 24.8 Å². The van der Waals surface area contributed by atoms with Gasteiger partial charge in [0.15, 0.2) is 0 Å². The van der Waals surface area contributed by atoms with Gasteiger partial charge in [-0.2, -0.15) is 0 Å². The highest BCUT2D eigenvalue weighted by Crippen LogP contribution is 2.29. The lowest BCUT2D eigenvalue weighted by molar-refractivity contribution is 0.100. The summed E-state index contributed by atoms with van der Waals surface area (Å²) in [6, 6.07) is 8.55. The minimum atomic E-state index is -3.07. The van der Waals surface area contributed by atoms with Crippen molar-refractivity contribution in [2.45, 2.75) is 64.9 Å². The third kappa shape index (κ3) is 8.83. The van der Waals surface area contributed by atoms with Gasteiger partial charge in [-0.05, 0) is 75.8 Å². The van der Waals surface area contributed by atoms with Crippen molar-refractivity contribution in [3.63, 3.8) is 0 Å². The maximum absolute atomic E-state index is 11.8. The zero-order valence-corrected chi connectivity index (χ0v) is 23.2. The lowest BCUT2D eigenvalue weighted by Crippen LogP contribution is -2.39. The van der Waals surface area contributed by atoms with Gasteiger partial charge in [-0.25, -0.2) is 12.7 Å². The number of sulfonamides is 1. The van der Waals surface area contributed by atoms with Crippen molar-refractivity contribution >= 4 is 45.7 Å². The predicted octanol–water partition coefficient (Wildman–Crippen LogP) is 5.33. The number of unbranched alkanes of at least 4 members (excludes halogenated alkanes) is 2. The first-order chi connectivity index (χ1) is 15.4. The second-order valence-corrected chi connectivity index (χ2v) is 11.2. The van der Waals surface area contributed by atoms with Crippen molar-refractivity contribution in [2.24, 2.45) is 0 Å². The van der Waals surface area contributed by atoms with E-state index in [2.05, 4.69) is 35.0 Å². The number of ether oxygens (including phenoxy) is 1. The molecule has 9 heteroatoms. The van der Waals surface area contributed by atoms with Gasteiger partial charge in [-0.3, -0.25) is 4.98 Å². The predicted molar refractivity (Wildman–Crippen MR) is 146 cm³/mol. The van der Waals surface area contributed by atoms with Gasteiger partial charge in [0.05, 0.1) is 5.75 Å². The van der Waals surface area contributed by atoms with Crippen LogP contribution in [0.25, 0.3) is 10.9 Å². The molecule has 1 aliphatic rings. The van der Waals surface area contributed by atoms with E-state index in [0.717, 1.165) is 68.4 Å². The molecule has 0 bridgehead atoms. The number of piperidine rings is 1. The first-order valence-corrected chi connectivity index (χ1v) is 13.7. The summed E-state index contributed by atoms with van der Waals surface area (Å²) in [5.74, 6) is 1.09. The zero-order chi connectivity index (χ0) is 23.0. The highest BCUT2D eigenvalue weighted by atomic mass is 35.5. The number of aryl methyl sites for hydroxylation is 1. The summed E-state index contributed by atoms with van der Waals surface area (Å²) in [5.41, 5.74) is 2.29. The average molecular weight is 535 g/mol. The fourth-order valence-corrected chi connectivity index (χ4v) is 5.14. The molecule has 0 unspecified atom stereocenters. The fourth-order valence-electron chi connectivity index (χ4n) is 4.29. The number of benzene rings is 1. The Bertz CT molecular complexity index is 967. The van der Waals surface area contributed by atoms with E-state index in [9.17, 15) is 8.42 Å². The summed E-state index contributed by atoms with van der Waals surface area (Å²) >= 11 is 0. The van der Waals surface area contributed by atoms with Crippen LogP contribution in [0, 0.1) is 0 Å². The minimum Gasteiger partial charge on any atom is -0.488 e. The van der Waals surface area contributed by atoms with E-state index in [-0.39, 0.29) is 36.7 Å². The van der Waals surface area contributed by atoms with Crippen molar-refractivity contribution in [1.82, 2.24) is 14.2 Å². The lowest BCUT2D eigenvalue weighted by atomic mass is 10.0. The first kappa shape index (κ1) is 30.9. The van der Waals surface area contributed by atoms with Crippen LogP contribution in [-0.4, -0.2) is 67.7 Å². The number of hydrogen-bond donors (Lipinski definition) is 0. The smallest absolute Gasteiger partial charge is 0.213 e. The van der Waals surface area contributed by atoms with Crippen LogP contribution in [0.2, 0.25) is 0 Å². The molecule has 1 aromatic carbocycles. The number of nitrogens with zero attached hydrogens (tertiary/aromatic N) is 3. The molecule has 6 nitrogen and oxygen atoms in total. The Morgan fingerprint density at radius 3 is 2.53 bits per heavy atom. The van der Waals surface area contributed by atoms with E-state index in [1.54, 1.807) is 14.0 Å². The Kier molecular flexibility index (Phi) is 13.7. The Hall–Kier alpha value is -1.12. The van der Waals surface area contributed by atoms with Crippen LogP contribution in [0.1, 0.15) is 57.9 Å². The summed E-state index contributed by atoms with van der Waals surface area (Å²) in [6.45, 7) is 7.58. The van der Waals surface area contributed by atoms with E-state index < -0.39 is 10.0 Å². The van der Waals surface area contributed by atoms with Gasteiger partial charge in [0.2, 0.25) is 10.0 Å². The van der Waals surface area contributed by atoms with Crippen LogP contribution in [0.5, 0.6) is 5.75 Å². The number of pyridine rings is 1. The first-order valence-electron chi connectivity index (χ1n) is 12.1. The Morgan fingerprint density at radius 1 is 1.12 bits per heavy atom. The molecule has 3 rings (SSSR count). The normalized spacial score (nSPS) is 15.2. The van der Waals surface area contributed by atoms with Gasteiger partial charge in [-0.15, -0.1) is 24.8 Å². The summed E-state index contributed by atoms with van der Waals surface area (Å²) < 4.78 is 31.6. The molecule has 2 aromatic rings. The molecular formula is C25H41Cl2N3O3S. The molecule has 1 saturated heterocycles. The van der Waals surface area contributed by atoms with Crippen molar-refractivity contribution in [3.05, 3.63) is 36.0 Å². The maximum atomic E-state index is 11.8. The van der Waals surface area contributed by atoms with E-state index in [1.165, 1.54) is 22.7 Å². The van der Waals surface area contributed by atoms with E-state index >= 15 is 0 Å². The van der Waals surface area contributed by atoms with Crippen LogP contribution in [0.4, 0.5) is 0 Å². The SMILES string of the molecule is CCCCc1cc(OC2CCN(CCCCN(C)S(=O)(=O)CC)CC2)c2ncccc2c1.Cl.Cl. The molecule has 0 amide bonds. The standard InChI is InChI=1S/C25H39N3O3S.2ClH/c1-4-6-10-21-19-22-11-9-14-26-25(22)24(20-21)31-23-12-17-28(18-13-23)16-8-7-15-27(3)32(29,30)5-2;;/h9,11,14,19-20,23H,4-8,10,12-13,15-18H2,1-3H3;2*1H. The quantitative estimate of drug-likeness (QED) is 0.345. The van der Waals surface area contributed by atoms with Crippen molar-refractivity contribution in [3.8, 4) is 5.75 Å². The molecule has 1 aliphatic heterocycles. The third-order valence-electron chi connectivity index (χ3n) is 6.41. The third-order valence-corrected chi connectivity index (χ3v) is 8.28. The van der Waals surface area contributed by atoms with Crippen LogP contribution in [0.3, 0.4) is 0 Å². The highest BCUT2D eigenvalue weighted by molar-refractivity contribution is 7.89. The number of aromatic nitrogens is 1. The fraction of sp³-hybridized carbons (Fsp3) is 0.640. The molecule has 1 fully saturated rings. The highest BCUT2D eigenvalue weighted by Gasteiger charge is 2.22. The number of hydrogen-bond acceptors (Lipinski definition) is 5. The summed E-state index contributed by atoms with van der Waals surface area (Å²) in [7, 11) is -1.39. The Labute approximate surface area is 218 Å². The molecular weight excluding hydrogens is 493 g/mol. The molecule has 0 aliphatic carbocycles. The van der Waals surface area contributed by atoms with Crippen LogP contribution in [-0.2, 0) is 16.4 Å². The van der Waals surface area contributed by atoms with E-state index in [0.29, 0.717) is 6.54 Å². The molecule has 2 heterocycles. The van der Waals surface area contributed by atoms with Gasteiger partial charge >= 0.3 is 0 Å². The zero-order valence-electron chi connectivity index (χ0n) is 20.7. The Morgan fingerprint density at radius 2 is 1.85 bits per heavy atom. The molecule has 0 N–H and O–H groups in total. The summed E-state index contributed by atoms with van der Waals surface area (Å²) in [5, 5.41) is 1.16. The van der Waals surface area contributed by atoms with Crippen LogP contribution in [0.15, 0.2) is 30.5 Å². The minimum absolute atomic E-state index is 0. The number of fused-ring (bicyclic) bond motifs is 1. The topological polar surface area (TPSA) is 62.7 Å². The van der Waals surface area contributed by atoms with Crippen molar-refractivity contribution in [2.75, 3.05) is 39.0 Å². The van der Waals surface area contributed by atoms with E-state index in [4.69, 9.17) is 4.74 Å². The summed E-state index contributed by atoms with van der Waals surface area (Å²) in [4.78, 5) is 7.06. The molecule has 0 spiro atoms. The van der Waals surface area contributed by atoms with Crippen molar-refractivity contribution in [1.29, 1.82) is 0 Å². The van der Waals surface area contributed by atoms with Gasteiger partial charge < -0.3 is 9.64 Å². The molecule has 0 saturated carbocycles. The Balaban J connectivity index is 0.00000289. The summed E-state index contributed by atoms with van der Waals surface area (Å²) in [6.07, 6.45) is 9.44. The number of halogens is 2. The lowest BCUT2D eigenvalue weighted by Gasteiger charge is -2.32. The monoisotopic (exact) mass is 533 g/mol. The van der Waals surface area contributed by atoms with Gasteiger partial charge in [-0.1, -0.05) is 19.4 Å². The molecule has 1 aromatic heterocycles.